The van der Waals surface area contributed by atoms with Crippen molar-refractivity contribution in [3.05, 3.63) is 64.8 Å². The molecule has 0 bridgehead atoms. The number of pyridine rings is 1. The third-order valence-electron chi connectivity index (χ3n) is 2.94. The largest absolute Gasteiger partial charge is 0.311 e. The quantitative estimate of drug-likeness (QED) is 0.856. The fourth-order valence-corrected chi connectivity index (χ4v) is 1.97. The zero-order chi connectivity index (χ0) is 14.5. The number of aromatic nitrogens is 1. The molecule has 0 aliphatic rings. The van der Waals surface area contributed by atoms with E-state index in [4.69, 9.17) is 0 Å². The molecule has 0 atom stereocenters. The maximum Gasteiger partial charge on any atom is 0.251 e. The summed E-state index contributed by atoms with van der Waals surface area (Å²) in [7, 11) is 0. The van der Waals surface area contributed by atoms with E-state index < -0.39 is 11.4 Å². The number of nitrogens with zero attached hydrogens (tertiary/aromatic N) is 2. The van der Waals surface area contributed by atoms with Crippen molar-refractivity contribution in [2.24, 2.45) is 0 Å². The second-order valence-corrected chi connectivity index (χ2v) is 4.29. The van der Waals surface area contributed by atoms with Crippen molar-refractivity contribution in [1.82, 2.24) is 4.57 Å². The van der Waals surface area contributed by atoms with Gasteiger partial charge < -0.3 is 9.47 Å². The Morgan fingerprint density at radius 3 is 2.55 bits per heavy atom. The van der Waals surface area contributed by atoms with Crippen LogP contribution >= 0.6 is 0 Å². The molecule has 0 saturated carbocycles. The molecular formula is C15H15FN2O2. The first-order valence-electron chi connectivity index (χ1n) is 6.33. The van der Waals surface area contributed by atoms with E-state index in [1.807, 2.05) is 37.3 Å². The maximum atomic E-state index is 13.1. The standard InChI is InChI=1S/C15H15FN2O2/c1-2-18(13-6-4-3-5-7-13)15(20)11-17-10-12(16)8-9-14(17)19/h3-10H,2,11H2,1H3. The van der Waals surface area contributed by atoms with E-state index in [1.54, 1.807) is 4.90 Å². The molecule has 20 heavy (non-hydrogen) atoms. The summed E-state index contributed by atoms with van der Waals surface area (Å²) in [4.78, 5) is 25.4. The van der Waals surface area contributed by atoms with E-state index in [0.717, 1.165) is 28.6 Å². The zero-order valence-electron chi connectivity index (χ0n) is 11.1. The number of carbonyl (C=O) groups is 1. The first-order valence-corrected chi connectivity index (χ1v) is 6.33. The maximum absolute atomic E-state index is 13.1. The van der Waals surface area contributed by atoms with E-state index in [-0.39, 0.29) is 12.5 Å². The van der Waals surface area contributed by atoms with Crippen molar-refractivity contribution in [3.63, 3.8) is 0 Å². The van der Waals surface area contributed by atoms with Crippen LogP contribution in [0.4, 0.5) is 10.1 Å². The molecule has 5 heteroatoms. The third kappa shape index (κ3) is 3.12. The molecule has 0 unspecified atom stereocenters. The number of hydrogen-bond donors (Lipinski definition) is 0. The normalized spacial score (nSPS) is 10.3. The van der Waals surface area contributed by atoms with E-state index in [1.165, 1.54) is 0 Å². The molecule has 0 fully saturated rings. The summed E-state index contributed by atoms with van der Waals surface area (Å²) >= 11 is 0. The number of benzene rings is 1. The van der Waals surface area contributed by atoms with Gasteiger partial charge in [-0.1, -0.05) is 18.2 Å². The summed E-state index contributed by atoms with van der Waals surface area (Å²) in [5, 5.41) is 0. The highest BCUT2D eigenvalue weighted by Crippen LogP contribution is 2.13. The Bertz CT molecular complexity index is 652. The topological polar surface area (TPSA) is 42.3 Å². The molecule has 0 aliphatic carbocycles. The van der Waals surface area contributed by atoms with Gasteiger partial charge >= 0.3 is 0 Å². The van der Waals surface area contributed by atoms with E-state index in [0.29, 0.717) is 6.54 Å². The molecule has 4 nitrogen and oxygen atoms in total. The molecule has 1 heterocycles. The minimum Gasteiger partial charge on any atom is -0.311 e. The molecule has 1 aromatic carbocycles. The monoisotopic (exact) mass is 274 g/mol. The van der Waals surface area contributed by atoms with Gasteiger partial charge in [-0.05, 0) is 25.1 Å². The number of rotatable bonds is 4. The van der Waals surface area contributed by atoms with Crippen LogP contribution in [0.3, 0.4) is 0 Å². The molecule has 0 saturated heterocycles. The fraction of sp³-hybridized carbons (Fsp3) is 0.200. The first kappa shape index (κ1) is 14.0. The highest BCUT2D eigenvalue weighted by atomic mass is 19.1. The molecule has 0 radical (unpaired) electrons. The molecule has 2 aromatic rings. The van der Waals surface area contributed by atoms with Crippen LogP contribution in [0.15, 0.2) is 53.5 Å². The second kappa shape index (κ2) is 6.14. The summed E-state index contributed by atoms with van der Waals surface area (Å²) in [5.41, 5.74) is 0.355. The smallest absolute Gasteiger partial charge is 0.251 e. The van der Waals surface area contributed by atoms with Crippen LogP contribution in [-0.2, 0) is 11.3 Å². The van der Waals surface area contributed by atoms with E-state index in [9.17, 15) is 14.0 Å². The minimum absolute atomic E-state index is 0.181. The Balaban J connectivity index is 2.22. The number of hydrogen-bond acceptors (Lipinski definition) is 2. The number of likely N-dealkylation sites (N-methyl/N-ethyl adjacent to an activating group) is 1. The SMILES string of the molecule is CCN(C(=O)Cn1cc(F)ccc1=O)c1ccccc1. The van der Waals surface area contributed by atoms with Gasteiger partial charge in [0.2, 0.25) is 5.91 Å². The van der Waals surface area contributed by atoms with Crippen LogP contribution < -0.4 is 10.5 Å². The second-order valence-electron chi connectivity index (χ2n) is 4.29. The highest BCUT2D eigenvalue weighted by molar-refractivity contribution is 5.93. The molecular weight excluding hydrogens is 259 g/mol. The number of halogens is 1. The van der Waals surface area contributed by atoms with Crippen LogP contribution in [0.25, 0.3) is 0 Å². The molecule has 104 valence electrons. The van der Waals surface area contributed by atoms with Gasteiger partial charge in [0.15, 0.2) is 0 Å². The van der Waals surface area contributed by atoms with E-state index in [2.05, 4.69) is 0 Å². The lowest BCUT2D eigenvalue weighted by atomic mass is 10.3. The Hall–Kier alpha value is -2.43. The molecule has 2 rings (SSSR count). The zero-order valence-corrected chi connectivity index (χ0v) is 11.1. The number of carbonyl (C=O) groups excluding carboxylic acids is 1. The van der Waals surface area contributed by atoms with Gasteiger partial charge in [0.25, 0.3) is 5.56 Å². The Morgan fingerprint density at radius 1 is 1.20 bits per heavy atom. The van der Waals surface area contributed by atoms with Crippen LogP contribution in [0.5, 0.6) is 0 Å². The Labute approximate surface area is 116 Å². The lowest BCUT2D eigenvalue weighted by molar-refractivity contribution is -0.119. The van der Waals surface area contributed by atoms with Gasteiger partial charge in [-0.3, -0.25) is 9.59 Å². The summed E-state index contributed by atoms with van der Waals surface area (Å²) in [6.07, 6.45) is 1.04. The lowest BCUT2D eigenvalue weighted by Gasteiger charge is -2.21. The number of para-hydroxylation sites is 1. The first-order chi connectivity index (χ1) is 9.61. The molecule has 0 spiro atoms. The number of amides is 1. The molecule has 0 aliphatic heterocycles. The summed E-state index contributed by atoms with van der Waals surface area (Å²) in [5.74, 6) is -0.799. The molecule has 1 amide bonds. The van der Waals surface area contributed by atoms with Crippen LogP contribution in [0, 0.1) is 5.82 Å². The van der Waals surface area contributed by atoms with Gasteiger partial charge in [-0.2, -0.15) is 0 Å². The summed E-state index contributed by atoms with van der Waals surface area (Å²) in [6.45, 7) is 2.14. The van der Waals surface area contributed by atoms with Crippen molar-refractivity contribution in [3.8, 4) is 0 Å². The molecule has 1 aromatic heterocycles. The van der Waals surface area contributed by atoms with Crippen LogP contribution in [-0.4, -0.2) is 17.0 Å². The highest BCUT2D eigenvalue weighted by Gasteiger charge is 2.14. The number of anilines is 1. The van der Waals surface area contributed by atoms with Crippen molar-refractivity contribution in [2.45, 2.75) is 13.5 Å². The van der Waals surface area contributed by atoms with Gasteiger partial charge in [0.1, 0.15) is 12.4 Å². The van der Waals surface area contributed by atoms with Gasteiger partial charge in [0.05, 0.1) is 0 Å². The fourth-order valence-electron chi connectivity index (χ4n) is 1.97. The average Bonchev–Trinajstić information content (AvgIpc) is 2.45. The minimum atomic E-state index is -0.542. The Kier molecular flexibility index (Phi) is 4.30. The van der Waals surface area contributed by atoms with Crippen LogP contribution in [0.2, 0.25) is 0 Å². The van der Waals surface area contributed by atoms with E-state index >= 15 is 0 Å². The van der Waals surface area contributed by atoms with Gasteiger partial charge in [-0.25, -0.2) is 4.39 Å². The Morgan fingerprint density at radius 2 is 1.90 bits per heavy atom. The molecule has 0 N–H and O–H groups in total. The van der Waals surface area contributed by atoms with Crippen molar-refractivity contribution < 1.29 is 9.18 Å². The summed E-state index contributed by atoms with van der Waals surface area (Å²) < 4.78 is 14.2. The van der Waals surface area contributed by atoms with Crippen molar-refractivity contribution in [2.75, 3.05) is 11.4 Å². The van der Waals surface area contributed by atoms with Gasteiger partial charge in [0, 0.05) is 24.5 Å². The predicted molar refractivity (Wildman–Crippen MR) is 75.1 cm³/mol. The van der Waals surface area contributed by atoms with Crippen molar-refractivity contribution in [1.29, 1.82) is 0 Å². The van der Waals surface area contributed by atoms with Crippen LogP contribution in [0.1, 0.15) is 6.92 Å². The van der Waals surface area contributed by atoms with Crippen molar-refractivity contribution >= 4 is 11.6 Å². The summed E-state index contributed by atoms with van der Waals surface area (Å²) in [6, 6.07) is 11.4. The average molecular weight is 274 g/mol. The predicted octanol–water partition coefficient (Wildman–Crippen LogP) is 2.04. The third-order valence-corrected chi connectivity index (χ3v) is 2.94. The van der Waals surface area contributed by atoms with Gasteiger partial charge in [-0.15, -0.1) is 0 Å². The lowest BCUT2D eigenvalue weighted by Crippen LogP contribution is -2.36.